The largest absolute Gasteiger partial charge is 0.381 e. The Morgan fingerprint density at radius 2 is 2.10 bits per heavy atom. The lowest BCUT2D eigenvalue weighted by atomic mass is 9.80. The number of anilines is 1. The Labute approximate surface area is 123 Å². The van der Waals surface area contributed by atoms with E-state index in [1.807, 2.05) is 0 Å². The molecule has 1 aliphatic carbocycles. The summed E-state index contributed by atoms with van der Waals surface area (Å²) in [7, 11) is 0. The second-order valence-electron chi connectivity index (χ2n) is 7.00. The monoisotopic (exact) mass is 272 g/mol. The molecule has 0 saturated heterocycles. The third-order valence-electron chi connectivity index (χ3n) is 4.83. The Kier molecular flexibility index (Phi) is 4.30. The highest BCUT2D eigenvalue weighted by molar-refractivity contribution is 5.60. The highest BCUT2D eigenvalue weighted by atomic mass is 14.9. The zero-order valence-corrected chi connectivity index (χ0v) is 12.9. The van der Waals surface area contributed by atoms with Gasteiger partial charge >= 0.3 is 0 Å². The first-order valence-corrected chi connectivity index (χ1v) is 8.31. The van der Waals surface area contributed by atoms with Crippen molar-refractivity contribution in [2.75, 3.05) is 11.9 Å². The Morgan fingerprint density at radius 1 is 1.25 bits per heavy atom. The Hall–Kier alpha value is -1.02. The van der Waals surface area contributed by atoms with Gasteiger partial charge in [0.25, 0.3) is 0 Å². The molecule has 1 aromatic rings. The molecule has 2 N–H and O–H groups in total. The maximum atomic E-state index is 3.82. The topological polar surface area (TPSA) is 24.1 Å². The van der Waals surface area contributed by atoms with Gasteiger partial charge in [0.1, 0.15) is 0 Å². The van der Waals surface area contributed by atoms with Crippen LogP contribution >= 0.6 is 0 Å². The van der Waals surface area contributed by atoms with E-state index < -0.39 is 0 Å². The first kappa shape index (κ1) is 13.9. The van der Waals surface area contributed by atoms with Crippen LogP contribution in [0.2, 0.25) is 0 Å². The molecule has 0 radical (unpaired) electrons. The van der Waals surface area contributed by atoms with Crippen LogP contribution in [0.1, 0.15) is 50.7 Å². The van der Waals surface area contributed by atoms with Gasteiger partial charge in [0, 0.05) is 18.3 Å². The SMILES string of the molecule is CC(C)CNC1CCCCC1Cc1ccc2c(c1)CN2. The summed E-state index contributed by atoms with van der Waals surface area (Å²) in [5.74, 6) is 1.58. The molecule has 1 aliphatic heterocycles. The number of hydrogen-bond acceptors (Lipinski definition) is 2. The van der Waals surface area contributed by atoms with E-state index in [9.17, 15) is 0 Å². The molecular formula is C18H28N2. The molecule has 110 valence electrons. The predicted octanol–water partition coefficient (Wildman–Crippen LogP) is 3.96. The number of hydrogen-bond donors (Lipinski definition) is 2. The van der Waals surface area contributed by atoms with Gasteiger partial charge in [-0.05, 0) is 54.8 Å². The molecule has 0 aromatic heterocycles. The third-order valence-corrected chi connectivity index (χ3v) is 4.83. The van der Waals surface area contributed by atoms with Gasteiger partial charge in [0.2, 0.25) is 0 Å². The van der Waals surface area contributed by atoms with Crippen LogP contribution in [0.25, 0.3) is 0 Å². The van der Waals surface area contributed by atoms with Crippen molar-refractivity contribution in [1.82, 2.24) is 5.32 Å². The molecule has 2 heteroatoms. The minimum Gasteiger partial charge on any atom is -0.381 e. The van der Waals surface area contributed by atoms with E-state index in [1.165, 1.54) is 48.9 Å². The van der Waals surface area contributed by atoms with Gasteiger partial charge in [-0.1, -0.05) is 38.8 Å². The van der Waals surface area contributed by atoms with Crippen LogP contribution in [0.15, 0.2) is 18.2 Å². The van der Waals surface area contributed by atoms with Gasteiger partial charge in [-0.3, -0.25) is 0 Å². The molecule has 3 rings (SSSR count). The average molecular weight is 272 g/mol. The fourth-order valence-electron chi connectivity index (χ4n) is 3.59. The van der Waals surface area contributed by atoms with Crippen LogP contribution in [0.4, 0.5) is 5.69 Å². The molecule has 1 fully saturated rings. The molecule has 0 amide bonds. The van der Waals surface area contributed by atoms with Crippen molar-refractivity contribution in [3.8, 4) is 0 Å². The van der Waals surface area contributed by atoms with Crippen LogP contribution in [-0.2, 0) is 13.0 Å². The summed E-state index contributed by atoms with van der Waals surface area (Å²) in [6.07, 6.45) is 6.83. The van der Waals surface area contributed by atoms with E-state index in [4.69, 9.17) is 0 Å². The molecule has 2 aliphatic rings. The van der Waals surface area contributed by atoms with Gasteiger partial charge in [-0.2, -0.15) is 0 Å². The third kappa shape index (κ3) is 3.17. The van der Waals surface area contributed by atoms with Crippen molar-refractivity contribution >= 4 is 5.69 Å². The quantitative estimate of drug-likeness (QED) is 0.848. The molecular weight excluding hydrogens is 244 g/mol. The van der Waals surface area contributed by atoms with Crippen LogP contribution in [0.5, 0.6) is 0 Å². The van der Waals surface area contributed by atoms with Crippen LogP contribution < -0.4 is 10.6 Å². The number of benzene rings is 1. The molecule has 2 unspecified atom stereocenters. The summed E-state index contributed by atoms with van der Waals surface area (Å²) in [4.78, 5) is 0. The summed E-state index contributed by atoms with van der Waals surface area (Å²) in [5.41, 5.74) is 4.38. The predicted molar refractivity (Wildman–Crippen MR) is 86.1 cm³/mol. The fraction of sp³-hybridized carbons (Fsp3) is 0.667. The molecule has 20 heavy (non-hydrogen) atoms. The van der Waals surface area contributed by atoms with Crippen LogP contribution in [0, 0.1) is 11.8 Å². The van der Waals surface area contributed by atoms with Gasteiger partial charge in [-0.15, -0.1) is 0 Å². The average Bonchev–Trinajstić information content (AvgIpc) is 2.41. The van der Waals surface area contributed by atoms with E-state index >= 15 is 0 Å². The minimum atomic E-state index is 0.732. The van der Waals surface area contributed by atoms with Crippen molar-refractivity contribution in [2.45, 2.75) is 58.5 Å². The zero-order chi connectivity index (χ0) is 13.9. The first-order chi connectivity index (χ1) is 9.72. The molecule has 1 saturated carbocycles. The summed E-state index contributed by atoms with van der Waals surface area (Å²) in [6.45, 7) is 6.82. The highest BCUT2D eigenvalue weighted by Gasteiger charge is 2.25. The lowest BCUT2D eigenvalue weighted by Gasteiger charge is -2.33. The van der Waals surface area contributed by atoms with E-state index in [0.717, 1.165) is 31.0 Å². The lowest BCUT2D eigenvalue weighted by Crippen LogP contribution is -2.41. The second-order valence-corrected chi connectivity index (χ2v) is 7.00. The summed E-state index contributed by atoms with van der Waals surface area (Å²) in [5, 5.41) is 7.17. The smallest absolute Gasteiger partial charge is 0.0421 e. The van der Waals surface area contributed by atoms with Gasteiger partial charge in [-0.25, -0.2) is 0 Å². The maximum Gasteiger partial charge on any atom is 0.0421 e. The van der Waals surface area contributed by atoms with Crippen LogP contribution in [0.3, 0.4) is 0 Å². The summed E-state index contributed by atoms with van der Waals surface area (Å²) >= 11 is 0. The minimum absolute atomic E-state index is 0.732. The van der Waals surface area contributed by atoms with Crippen molar-refractivity contribution in [3.05, 3.63) is 29.3 Å². The standard InChI is InChI=1S/C18H28N2/c1-13(2)11-19-17-6-4-3-5-15(17)9-14-7-8-18-16(10-14)12-20-18/h7-8,10,13,15,17,19-20H,3-6,9,11-12H2,1-2H3. The van der Waals surface area contributed by atoms with Crippen LogP contribution in [-0.4, -0.2) is 12.6 Å². The van der Waals surface area contributed by atoms with Crippen molar-refractivity contribution in [2.24, 2.45) is 11.8 Å². The van der Waals surface area contributed by atoms with E-state index in [1.54, 1.807) is 0 Å². The zero-order valence-electron chi connectivity index (χ0n) is 12.9. The Balaban J connectivity index is 1.62. The summed E-state index contributed by atoms with van der Waals surface area (Å²) in [6, 6.07) is 7.72. The van der Waals surface area contributed by atoms with Crippen molar-refractivity contribution in [1.29, 1.82) is 0 Å². The van der Waals surface area contributed by atoms with Gasteiger partial charge < -0.3 is 10.6 Å². The lowest BCUT2D eigenvalue weighted by molar-refractivity contribution is 0.254. The molecule has 1 heterocycles. The Morgan fingerprint density at radius 3 is 2.80 bits per heavy atom. The Bertz CT molecular complexity index is 453. The van der Waals surface area contributed by atoms with E-state index in [0.29, 0.717) is 0 Å². The second kappa shape index (κ2) is 6.17. The molecule has 2 nitrogen and oxygen atoms in total. The van der Waals surface area contributed by atoms with Gasteiger partial charge in [0.15, 0.2) is 0 Å². The van der Waals surface area contributed by atoms with Gasteiger partial charge in [0.05, 0.1) is 0 Å². The number of rotatable bonds is 5. The van der Waals surface area contributed by atoms with E-state index in [2.05, 4.69) is 42.7 Å². The normalized spacial score (nSPS) is 24.9. The molecule has 0 bridgehead atoms. The highest BCUT2D eigenvalue weighted by Crippen LogP contribution is 2.31. The fourth-order valence-corrected chi connectivity index (χ4v) is 3.59. The first-order valence-electron chi connectivity index (χ1n) is 8.31. The molecule has 2 atom stereocenters. The summed E-state index contributed by atoms with van der Waals surface area (Å²) < 4.78 is 0. The van der Waals surface area contributed by atoms with Crippen molar-refractivity contribution < 1.29 is 0 Å². The maximum absolute atomic E-state index is 3.82. The van der Waals surface area contributed by atoms with Crippen molar-refractivity contribution in [3.63, 3.8) is 0 Å². The number of fused-ring (bicyclic) bond motifs is 1. The molecule has 0 spiro atoms. The number of nitrogens with one attached hydrogen (secondary N) is 2. The van der Waals surface area contributed by atoms with E-state index in [-0.39, 0.29) is 0 Å². The molecule has 1 aromatic carbocycles.